The van der Waals surface area contributed by atoms with Crippen molar-refractivity contribution in [3.8, 4) is 10.4 Å². The monoisotopic (exact) mass is 287 g/mol. The van der Waals surface area contributed by atoms with E-state index in [9.17, 15) is 0 Å². The van der Waals surface area contributed by atoms with Crippen molar-refractivity contribution < 1.29 is 0 Å². The third kappa shape index (κ3) is 3.13. The molecule has 0 spiro atoms. The van der Waals surface area contributed by atoms with Gasteiger partial charge in [0.2, 0.25) is 0 Å². The van der Waals surface area contributed by atoms with Crippen molar-refractivity contribution in [2.45, 2.75) is 46.6 Å². The third-order valence-electron chi connectivity index (χ3n) is 3.81. The molecule has 1 nitrogen and oxygen atoms in total. The second-order valence-corrected chi connectivity index (χ2v) is 6.11. The van der Waals surface area contributed by atoms with Crippen LogP contribution < -0.4 is 5.32 Å². The number of hydrogen-bond donors (Lipinski definition) is 1. The Morgan fingerprint density at radius 1 is 0.900 bits per heavy atom. The van der Waals surface area contributed by atoms with Crippen molar-refractivity contribution in [3.05, 3.63) is 45.8 Å². The molecule has 2 aromatic rings. The second kappa shape index (κ2) is 7.05. The van der Waals surface area contributed by atoms with Crippen molar-refractivity contribution in [2.75, 3.05) is 7.05 Å². The number of hydrogen-bond acceptors (Lipinski definition) is 2. The first kappa shape index (κ1) is 15.3. The molecule has 0 fully saturated rings. The van der Waals surface area contributed by atoms with Gasteiger partial charge in [-0.05, 0) is 65.6 Å². The van der Waals surface area contributed by atoms with Crippen LogP contribution in [0.5, 0.6) is 0 Å². The van der Waals surface area contributed by atoms with E-state index in [0.717, 1.165) is 25.8 Å². The van der Waals surface area contributed by atoms with Gasteiger partial charge in [0, 0.05) is 11.4 Å². The first-order valence-corrected chi connectivity index (χ1v) is 8.48. The molecule has 2 heteroatoms. The fourth-order valence-electron chi connectivity index (χ4n) is 2.72. The maximum Gasteiger partial charge on any atom is 0.0351 e. The summed E-state index contributed by atoms with van der Waals surface area (Å²) in [5, 5.41) is 5.51. The van der Waals surface area contributed by atoms with Gasteiger partial charge in [-0.25, -0.2) is 0 Å². The van der Waals surface area contributed by atoms with E-state index in [-0.39, 0.29) is 0 Å². The average Bonchev–Trinajstić information content (AvgIpc) is 2.94. The van der Waals surface area contributed by atoms with E-state index in [1.165, 1.54) is 32.7 Å². The lowest BCUT2D eigenvalue weighted by atomic mass is 9.92. The van der Waals surface area contributed by atoms with Gasteiger partial charge < -0.3 is 5.32 Å². The summed E-state index contributed by atoms with van der Waals surface area (Å²) in [5.74, 6) is 0. The van der Waals surface area contributed by atoms with Crippen LogP contribution in [0.1, 0.15) is 43.0 Å². The molecule has 0 unspecified atom stereocenters. The highest BCUT2D eigenvalue weighted by molar-refractivity contribution is 7.13. The largest absolute Gasteiger partial charge is 0.316 e. The van der Waals surface area contributed by atoms with Crippen LogP contribution >= 0.6 is 11.3 Å². The highest BCUT2D eigenvalue weighted by atomic mass is 32.1. The lowest BCUT2D eigenvalue weighted by Crippen LogP contribution is -2.03. The molecule has 0 atom stereocenters. The minimum absolute atomic E-state index is 0.951. The Balaban J connectivity index is 2.52. The Morgan fingerprint density at radius 3 is 2.05 bits per heavy atom. The van der Waals surface area contributed by atoms with Gasteiger partial charge in [-0.2, -0.15) is 0 Å². The molecule has 0 bridgehead atoms. The predicted octanol–water partition coefficient (Wildman–Crippen LogP) is 4.82. The van der Waals surface area contributed by atoms with Crippen molar-refractivity contribution in [3.63, 3.8) is 0 Å². The molecule has 1 N–H and O–H groups in total. The van der Waals surface area contributed by atoms with Gasteiger partial charge in [-0.15, -0.1) is 11.3 Å². The molecule has 0 radical (unpaired) electrons. The Morgan fingerprint density at radius 2 is 1.55 bits per heavy atom. The van der Waals surface area contributed by atoms with Crippen molar-refractivity contribution in [2.24, 2.45) is 0 Å². The maximum atomic E-state index is 3.23. The zero-order chi connectivity index (χ0) is 14.5. The molecule has 0 aliphatic rings. The first-order chi connectivity index (χ1) is 9.73. The number of benzene rings is 1. The van der Waals surface area contributed by atoms with E-state index in [0.29, 0.717) is 0 Å². The summed E-state index contributed by atoms with van der Waals surface area (Å²) in [6.45, 7) is 7.72. The van der Waals surface area contributed by atoms with Gasteiger partial charge >= 0.3 is 0 Å². The first-order valence-electron chi connectivity index (χ1n) is 7.60. The van der Waals surface area contributed by atoms with Gasteiger partial charge in [0.1, 0.15) is 0 Å². The fourth-order valence-corrected chi connectivity index (χ4v) is 3.75. The summed E-state index contributed by atoms with van der Waals surface area (Å²) in [5.41, 5.74) is 7.34. The van der Waals surface area contributed by atoms with E-state index in [1.54, 1.807) is 0 Å². The second-order valence-electron chi connectivity index (χ2n) is 5.20. The average molecular weight is 287 g/mol. The Bertz CT molecular complexity index is 544. The number of rotatable bonds is 6. The summed E-state index contributed by atoms with van der Waals surface area (Å²) >= 11 is 1.88. The normalized spacial score (nSPS) is 11.0. The molecule has 0 aliphatic carbocycles. The van der Waals surface area contributed by atoms with Crippen LogP contribution in [0, 0.1) is 0 Å². The third-order valence-corrected chi connectivity index (χ3v) is 4.81. The summed E-state index contributed by atoms with van der Waals surface area (Å²) in [6.07, 6.45) is 3.33. The van der Waals surface area contributed by atoms with E-state index >= 15 is 0 Å². The van der Waals surface area contributed by atoms with E-state index in [1.807, 2.05) is 18.4 Å². The lowest BCUT2D eigenvalue weighted by Gasteiger charge is -2.14. The van der Waals surface area contributed by atoms with Crippen molar-refractivity contribution in [1.29, 1.82) is 0 Å². The molecule has 1 aromatic carbocycles. The van der Waals surface area contributed by atoms with Gasteiger partial charge in [0.15, 0.2) is 0 Å². The molecule has 1 heterocycles. The predicted molar refractivity (Wildman–Crippen MR) is 90.7 cm³/mol. The molecule has 0 amide bonds. The maximum absolute atomic E-state index is 3.23. The van der Waals surface area contributed by atoms with Gasteiger partial charge in [-0.3, -0.25) is 0 Å². The smallest absolute Gasteiger partial charge is 0.0351 e. The van der Waals surface area contributed by atoms with Crippen molar-refractivity contribution in [1.82, 2.24) is 5.32 Å². The van der Waals surface area contributed by atoms with E-state index in [2.05, 4.69) is 49.7 Å². The molecular formula is C18H25NS. The summed E-state index contributed by atoms with van der Waals surface area (Å²) in [7, 11) is 2.00. The van der Waals surface area contributed by atoms with Crippen LogP contribution in [0.4, 0.5) is 0 Å². The molecule has 20 heavy (non-hydrogen) atoms. The number of aryl methyl sites for hydroxylation is 3. The van der Waals surface area contributed by atoms with Crippen LogP contribution in [0.2, 0.25) is 0 Å². The van der Waals surface area contributed by atoms with Crippen LogP contribution in [0.25, 0.3) is 10.4 Å². The number of thiophene rings is 1. The molecule has 0 aliphatic heterocycles. The fraction of sp³-hybridized carbons (Fsp3) is 0.444. The van der Waals surface area contributed by atoms with Gasteiger partial charge in [-0.1, -0.05) is 32.9 Å². The SMILES string of the molecule is CCc1cc(CC)c(-c2cc(CNC)cs2)c(CC)c1. The molecule has 0 saturated heterocycles. The highest BCUT2D eigenvalue weighted by Crippen LogP contribution is 2.35. The Labute approximate surface area is 127 Å². The van der Waals surface area contributed by atoms with E-state index in [4.69, 9.17) is 0 Å². The standard InChI is InChI=1S/C18H25NS/c1-5-13-8-15(6-2)18(16(7-3)9-13)17-10-14(11-19-4)12-20-17/h8-10,12,19H,5-7,11H2,1-4H3. The van der Waals surface area contributed by atoms with Crippen LogP contribution in [-0.4, -0.2) is 7.05 Å². The van der Waals surface area contributed by atoms with Crippen LogP contribution in [-0.2, 0) is 25.8 Å². The highest BCUT2D eigenvalue weighted by Gasteiger charge is 2.12. The molecule has 2 rings (SSSR count). The Kier molecular flexibility index (Phi) is 5.38. The zero-order valence-corrected chi connectivity index (χ0v) is 13.9. The van der Waals surface area contributed by atoms with Crippen LogP contribution in [0.3, 0.4) is 0 Å². The number of nitrogens with one attached hydrogen (secondary N) is 1. The minimum Gasteiger partial charge on any atom is -0.316 e. The summed E-state index contributed by atoms with van der Waals surface area (Å²) < 4.78 is 0. The van der Waals surface area contributed by atoms with Crippen molar-refractivity contribution >= 4 is 11.3 Å². The molecule has 108 valence electrons. The molecule has 0 saturated carbocycles. The van der Waals surface area contributed by atoms with Gasteiger partial charge in [0.05, 0.1) is 0 Å². The molecule has 1 aromatic heterocycles. The molecular weight excluding hydrogens is 262 g/mol. The lowest BCUT2D eigenvalue weighted by molar-refractivity contribution is 0.821. The van der Waals surface area contributed by atoms with E-state index < -0.39 is 0 Å². The summed E-state index contributed by atoms with van der Waals surface area (Å²) in [6, 6.07) is 7.14. The van der Waals surface area contributed by atoms with Gasteiger partial charge in [0.25, 0.3) is 0 Å². The zero-order valence-electron chi connectivity index (χ0n) is 13.0. The topological polar surface area (TPSA) is 12.0 Å². The van der Waals surface area contributed by atoms with Crippen LogP contribution in [0.15, 0.2) is 23.6 Å². The summed E-state index contributed by atoms with van der Waals surface area (Å²) in [4.78, 5) is 1.42. The Hall–Kier alpha value is -1.12. The quantitative estimate of drug-likeness (QED) is 0.803. The minimum atomic E-state index is 0.951.